The number of aromatic nitrogens is 3. The van der Waals surface area contributed by atoms with Crippen LogP contribution in [0.1, 0.15) is 22.5 Å². The van der Waals surface area contributed by atoms with Gasteiger partial charge in [-0.1, -0.05) is 54.1 Å². The van der Waals surface area contributed by atoms with E-state index in [0.29, 0.717) is 11.6 Å². The number of hydrogen-bond acceptors (Lipinski definition) is 2. The third-order valence-electron chi connectivity index (χ3n) is 4.62. The van der Waals surface area contributed by atoms with E-state index < -0.39 is 17.6 Å². The van der Waals surface area contributed by atoms with Crippen LogP contribution in [0.4, 0.5) is 13.2 Å². The number of hydrogen-bond donors (Lipinski definition) is 1. The molecule has 2 heterocycles. The van der Waals surface area contributed by atoms with E-state index in [0.717, 1.165) is 28.1 Å². The molecule has 0 amide bonds. The lowest BCUT2D eigenvalue weighted by atomic mass is 10.1. The molecule has 1 N–H and O–H groups in total. The molecular formula is C22H15ClF3N3O. The summed E-state index contributed by atoms with van der Waals surface area (Å²) < 4.78 is 40.8. The van der Waals surface area contributed by atoms with Crippen molar-refractivity contribution in [3.05, 3.63) is 98.8 Å². The van der Waals surface area contributed by atoms with E-state index in [-0.39, 0.29) is 5.69 Å². The molecule has 4 aromatic rings. The van der Waals surface area contributed by atoms with Crippen LogP contribution in [0.5, 0.6) is 0 Å². The molecule has 0 atom stereocenters. The minimum absolute atomic E-state index is 0.0750. The number of nitrogens with one attached hydrogen (secondary N) is 1. The van der Waals surface area contributed by atoms with E-state index in [9.17, 15) is 18.0 Å². The summed E-state index contributed by atoms with van der Waals surface area (Å²) in [5.41, 5.74) is 0.421. The minimum atomic E-state index is -4.66. The van der Waals surface area contributed by atoms with Gasteiger partial charge in [0, 0.05) is 34.2 Å². The van der Waals surface area contributed by atoms with Crippen LogP contribution in [0.2, 0.25) is 5.02 Å². The maximum absolute atomic E-state index is 12.9. The Morgan fingerprint density at radius 2 is 1.80 bits per heavy atom. The summed E-state index contributed by atoms with van der Waals surface area (Å²) in [7, 11) is 0. The third-order valence-corrected chi connectivity index (χ3v) is 4.99. The summed E-state index contributed by atoms with van der Waals surface area (Å²) in [6, 6.07) is 16.0. The molecule has 30 heavy (non-hydrogen) atoms. The number of H-pyrrole nitrogens is 1. The Morgan fingerprint density at radius 3 is 2.57 bits per heavy atom. The highest BCUT2D eigenvalue weighted by Crippen LogP contribution is 2.28. The zero-order valence-corrected chi connectivity index (χ0v) is 16.2. The van der Waals surface area contributed by atoms with E-state index in [2.05, 4.69) is 4.98 Å². The predicted octanol–water partition coefficient (Wildman–Crippen LogP) is 5.62. The molecule has 0 radical (unpaired) electrons. The number of rotatable bonds is 4. The smallest absolute Gasteiger partial charge is 0.342 e. The number of aromatic amines is 1. The third kappa shape index (κ3) is 4.16. The maximum Gasteiger partial charge on any atom is 0.431 e. The number of nitrogens with zero attached hydrogens (tertiary/aromatic N) is 2. The molecule has 2 aromatic heterocycles. The second kappa shape index (κ2) is 7.84. The zero-order valence-electron chi connectivity index (χ0n) is 15.4. The number of fused-ring (bicyclic) bond motifs is 1. The first-order valence-electron chi connectivity index (χ1n) is 8.99. The average molecular weight is 430 g/mol. The van der Waals surface area contributed by atoms with E-state index in [1.54, 1.807) is 11.1 Å². The molecule has 0 saturated carbocycles. The van der Waals surface area contributed by atoms with Gasteiger partial charge in [-0.2, -0.15) is 18.2 Å². The molecule has 0 aliphatic rings. The lowest BCUT2D eigenvalue weighted by molar-refractivity contribution is -0.141. The molecule has 0 bridgehead atoms. The highest BCUT2D eigenvalue weighted by atomic mass is 35.5. The Kier molecular flexibility index (Phi) is 5.22. The van der Waals surface area contributed by atoms with Crippen molar-refractivity contribution >= 4 is 34.7 Å². The summed E-state index contributed by atoms with van der Waals surface area (Å²) >= 11 is 6.28. The number of para-hydroxylation sites is 1. The fourth-order valence-electron chi connectivity index (χ4n) is 3.24. The second-order valence-corrected chi connectivity index (χ2v) is 7.08. The van der Waals surface area contributed by atoms with Crippen LogP contribution in [-0.4, -0.2) is 14.5 Å². The second-order valence-electron chi connectivity index (χ2n) is 6.68. The maximum atomic E-state index is 12.9. The molecule has 4 rings (SSSR count). The van der Waals surface area contributed by atoms with Gasteiger partial charge in [-0.3, -0.25) is 0 Å². The van der Waals surface area contributed by atoms with E-state index in [1.165, 1.54) is 6.08 Å². The lowest BCUT2D eigenvalue weighted by Gasteiger charge is -2.07. The van der Waals surface area contributed by atoms with Gasteiger partial charge in [0.05, 0.1) is 5.69 Å². The van der Waals surface area contributed by atoms with Crippen molar-refractivity contribution in [2.24, 2.45) is 0 Å². The highest BCUT2D eigenvalue weighted by molar-refractivity contribution is 6.31. The predicted molar refractivity (Wildman–Crippen MR) is 111 cm³/mol. The van der Waals surface area contributed by atoms with Gasteiger partial charge in [-0.05, 0) is 29.8 Å². The van der Waals surface area contributed by atoms with E-state index in [1.807, 2.05) is 59.3 Å². The van der Waals surface area contributed by atoms with Gasteiger partial charge >= 0.3 is 11.9 Å². The van der Waals surface area contributed by atoms with Crippen LogP contribution in [-0.2, 0) is 12.7 Å². The van der Waals surface area contributed by atoms with Gasteiger partial charge in [-0.15, -0.1) is 0 Å². The van der Waals surface area contributed by atoms with Crippen molar-refractivity contribution in [2.45, 2.75) is 12.7 Å². The molecule has 0 aliphatic heterocycles. The topological polar surface area (TPSA) is 50.7 Å². The summed E-state index contributed by atoms with van der Waals surface area (Å²) in [6.07, 6.45) is 0.275. The first-order valence-corrected chi connectivity index (χ1v) is 9.37. The van der Waals surface area contributed by atoms with Gasteiger partial charge in [0.25, 0.3) is 0 Å². The molecule has 8 heteroatoms. The Morgan fingerprint density at radius 1 is 1.07 bits per heavy atom. The van der Waals surface area contributed by atoms with Gasteiger partial charge in [-0.25, -0.2) is 4.79 Å². The Hall–Kier alpha value is -3.32. The molecule has 152 valence electrons. The number of alkyl halides is 3. The van der Waals surface area contributed by atoms with Crippen LogP contribution in [0.25, 0.3) is 23.1 Å². The van der Waals surface area contributed by atoms with Crippen LogP contribution >= 0.6 is 11.6 Å². The molecule has 0 saturated heterocycles. The van der Waals surface area contributed by atoms with Crippen LogP contribution in [0.15, 0.2) is 65.6 Å². The van der Waals surface area contributed by atoms with E-state index in [4.69, 9.17) is 11.6 Å². The highest BCUT2D eigenvalue weighted by Gasteiger charge is 2.32. The van der Waals surface area contributed by atoms with Crippen molar-refractivity contribution in [3.8, 4) is 0 Å². The molecular weight excluding hydrogens is 415 g/mol. The fourth-order valence-corrected chi connectivity index (χ4v) is 3.43. The molecule has 0 spiro atoms. The zero-order chi connectivity index (χ0) is 21.3. The minimum Gasteiger partial charge on any atom is -0.342 e. The van der Waals surface area contributed by atoms with Crippen LogP contribution < -0.4 is 5.69 Å². The Bertz CT molecular complexity index is 1300. The summed E-state index contributed by atoms with van der Waals surface area (Å²) in [6.45, 7) is 0.537. The summed E-state index contributed by atoms with van der Waals surface area (Å²) in [5.74, 6) is 0. The normalized spacial score (nSPS) is 12.1. The van der Waals surface area contributed by atoms with Crippen molar-refractivity contribution in [1.82, 2.24) is 14.5 Å². The molecule has 0 fully saturated rings. The fraction of sp³-hybridized carbons (Fsp3) is 0.0909. The Balaban J connectivity index is 1.73. The monoisotopic (exact) mass is 429 g/mol. The van der Waals surface area contributed by atoms with E-state index >= 15 is 0 Å². The van der Waals surface area contributed by atoms with Gasteiger partial charge in [0.15, 0.2) is 0 Å². The van der Waals surface area contributed by atoms with Crippen molar-refractivity contribution in [1.29, 1.82) is 0 Å². The molecule has 4 nitrogen and oxygen atoms in total. The van der Waals surface area contributed by atoms with Gasteiger partial charge in [0.2, 0.25) is 0 Å². The average Bonchev–Trinajstić information content (AvgIpc) is 3.05. The van der Waals surface area contributed by atoms with Crippen molar-refractivity contribution in [2.75, 3.05) is 0 Å². The lowest BCUT2D eigenvalue weighted by Crippen LogP contribution is -2.19. The SMILES string of the molecule is O=c1nc(/C=C/c2cn(Cc3ccccc3Cl)c3ccccc23)cc(C(F)(F)F)[nH]1. The van der Waals surface area contributed by atoms with Crippen molar-refractivity contribution < 1.29 is 13.2 Å². The Labute approximate surface area is 174 Å². The standard InChI is InChI=1S/C22H15ClF3N3O/c23-18-7-3-1-5-15(18)13-29-12-14(17-6-2-4-8-19(17)29)9-10-16-11-20(22(24,25)26)28-21(30)27-16/h1-12H,13H2,(H,27,28,30)/b10-9+. The first kappa shape index (κ1) is 20.0. The van der Waals surface area contributed by atoms with Gasteiger partial charge in [0.1, 0.15) is 5.69 Å². The molecule has 2 aromatic carbocycles. The van der Waals surface area contributed by atoms with Crippen LogP contribution in [0, 0.1) is 0 Å². The van der Waals surface area contributed by atoms with Crippen molar-refractivity contribution in [3.63, 3.8) is 0 Å². The molecule has 0 aliphatic carbocycles. The van der Waals surface area contributed by atoms with Gasteiger partial charge < -0.3 is 9.55 Å². The number of benzene rings is 2. The quantitative estimate of drug-likeness (QED) is 0.458. The first-order chi connectivity index (χ1) is 14.3. The largest absolute Gasteiger partial charge is 0.431 e. The molecule has 0 unspecified atom stereocenters. The number of halogens is 4. The van der Waals surface area contributed by atoms with Crippen LogP contribution in [0.3, 0.4) is 0 Å². The summed E-state index contributed by atoms with van der Waals surface area (Å²) in [5, 5.41) is 1.57. The summed E-state index contributed by atoms with van der Waals surface area (Å²) in [4.78, 5) is 16.8.